The van der Waals surface area contributed by atoms with Crippen LogP contribution in [0.4, 0.5) is 17.1 Å². The predicted octanol–water partition coefficient (Wildman–Crippen LogP) is 3.43. The molecule has 5 bridgehead atoms. The minimum Gasteiger partial charge on any atom is -0.507 e. The number of carbonyl (C=O) groups is 2. The minimum atomic E-state index is -2.00. The van der Waals surface area contributed by atoms with E-state index in [1.807, 2.05) is 23.9 Å². The molecule has 0 spiro atoms. The molecule has 0 unspecified atom stereocenters. The second-order valence-electron chi connectivity index (χ2n) is 16.5. The lowest BCUT2D eigenvalue weighted by Crippen LogP contribution is -2.41. The van der Waals surface area contributed by atoms with E-state index in [1.54, 1.807) is 32.9 Å². The number of aliphatic hydroxyl groups excluding tert-OH is 4. The molecule has 4 aromatic rings. The third kappa shape index (κ3) is 6.81. The Balaban J connectivity index is 1.53. The van der Waals surface area contributed by atoms with E-state index in [0.29, 0.717) is 30.8 Å². The largest absolute Gasteiger partial charge is 0.507 e. The summed E-state index contributed by atoms with van der Waals surface area (Å²) in [6, 6.07) is 1.43. The number of nitrogens with zero attached hydrogens (tertiary/aromatic N) is 3. The zero-order chi connectivity index (χ0) is 43.7. The van der Waals surface area contributed by atoms with Crippen molar-refractivity contribution >= 4 is 68.0 Å². The number of amides is 1. The van der Waals surface area contributed by atoms with Gasteiger partial charge in [-0.3, -0.25) is 14.4 Å². The molecule has 8 atom stereocenters. The number of allylic oxidation sites excluding steroid dienone is 3. The Morgan fingerprint density at radius 2 is 1.63 bits per heavy atom. The van der Waals surface area contributed by atoms with Gasteiger partial charge in [0.15, 0.2) is 22.4 Å². The van der Waals surface area contributed by atoms with Crippen LogP contribution in [0.25, 0.3) is 38.7 Å². The van der Waals surface area contributed by atoms with Crippen LogP contribution in [0.1, 0.15) is 46.6 Å². The van der Waals surface area contributed by atoms with Crippen LogP contribution < -0.4 is 35.9 Å². The van der Waals surface area contributed by atoms with Crippen LogP contribution in [0.2, 0.25) is 0 Å². The fourth-order valence-corrected chi connectivity index (χ4v) is 8.30. The lowest BCUT2D eigenvalue weighted by Gasteiger charge is -2.34. The fraction of sp³-hybridized carbons (Fsp3) is 0.432. The summed E-state index contributed by atoms with van der Waals surface area (Å²) in [6.45, 7) is 10.5. The van der Waals surface area contributed by atoms with Gasteiger partial charge in [-0.25, -0.2) is 4.98 Å². The molecule has 318 valence electrons. The summed E-state index contributed by atoms with van der Waals surface area (Å²) in [4.78, 5) is 63.2. The standard InChI is InChI=1S/C44H50N4O12/c1-19-10-9-11-20(2)43(57)46-33-38(55)29-28(32-40(33)59-41-31(45-32)27(51)17-25-34(41)48(8)14-13-47(25)7)30-39(23(5)37(29)54)60-44(6,42(30)56)58-15-12-24(18-49)16-26(50)21(3)36(53)22(4)35(19)52/h9-12,15,17-19,21-22,24,26,35-36,50,52-54,56H,13-14,16H2,1-8H3,(H,46,57)/b10-9+,15-12+,20-11-/t19-,21-,22+,24-,26+,35-,36-,44-/m0/s1. The van der Waals surface area contributed by atoms with Crippen molar-refractivity contribution in [3.8, 4) is 11.5 Å². The number of aliphatic hydroxyl groups is 4. The van der Waals surface area contributed by atoms with Crippen LogP contribution in [-0.4, -0.2) is 94.0 Å². The van der Waals surface area contributed by atoms with Gasteiger partial charge in [-0.2, -0.15) is 0 Å². The number of aromatic hydroxyl groups is 1. The molecule has 0 fully saturated rings. The Morgan fingerprint density at radius 3 is 2.33 bits per heavy atom. The van der Waals surface area contributed by atoms with Crippen molar-refractivity contribution in [2.24, 2.45) is 23.7 Å². The first-order chi connectivity index (χ1) is 28.3. The van der Waals surface area contributed by atoms with Crippen molar-refractivity contribution in [2.45, 2.75) is 72.1 Å². The highest BCUT2D eigenvalue weighted by molar-refractivity contribution is 6.17. The first-order valence-electron chi connectivity index (χ1n) is 19.8. The van der Waals surface area contributed by atoms with Gasteiger partial charge in [0.1, 0.15) is 34.7 Å². The quantitative estimate of drug-likeness (QED) is 0.0917. The molecule has 0 radical (unpaired) electrons. The van der Waals surface area contributed by atoms with E-state index < -0.39 is 81.7 Å². The monoisotopic (exact) mass is 826 g/mol. The van der Waals surface area contributed by atoms with Crippen molar-refractivity contribution in [1.29, 1.82) is 0 Å². The summed E-state index contributed by atoms with van der Waals surface area (Å²) in [5.74, 6) is -6.81. The normalized spacial score (nSPS) is 29.9. The number of phenols is 1. The summed E-state index contributed by atoms with van der Waals surface area (Å²) in [6.07, 6.45) is 4.21. The lowest BCUT2D eigenvalue weighted by molar-refractivity contribution is -0.113. The Kier molecular flexibility index (Phi) is 10.9. The molecule has 60 heavy (non-hydrogen) atoms. The number of hydrogen-bond donors (Lipinski definition) is 6. The molecule has 3 aromatic carbocycles. The minimum absolute atomic E-state index is 0.0359. The molecule has 0 saturated carbocycles. The maximum absolute atomic E-state index is 14.8. The van der Waals surface area contributed by atoms with Gasteiger partial charge in [0.05, 0.1) is 40.9 Å². The summed E-state index contributed by atoms with van der Waals surface area (Å²) >= 11 is 0. The Morgan fingerprint density at radius 1 is 0.933 bits per heavy atom. The van der Waals surface area contributed by atoms with Gasteiger partial charge in [0.2, 0.25) is 10.9 Å². The van der Waals surface area contributed by atoms with Gasteiger partial charge in [0.25, 0.3) is 5.91 Å². The van der Waals surface area contributed by atoms with Crippen LogP contribution >= 0.6 is 0 Å². The number of phenolic OH excluding ortho intramolecular Hbond substituents is 1. The number of likely N-dealkylation sites (N-methyl/N-ethyl adjacent to an activating group) is 2. The number of carbonyl (C=O) groups excluding carboxylic acids is 2. The van der Waals surface area contributed by atoms with E-state index in [0.717, 1.165) is 6.26 Å². The number of fused-ring (bicyclic) bond motifs is 16. The van der Waals surface area contributed by atoms with Gasteiger partial charge in [-0.15, -0.1) is 0 Å². The van der Waals surface area contributed by atoms with Crippen LogP contribution in [-0.2, 0) is 14.3 Å². The highest BCUT2D eigenvalue weighted by Gasteiger charge is 2.44. The number of nitrogens with one attached hydrogen (secondary N) is 1. The molecule has 0 aliphatic carbocycles. The third-order valence-corrected chi connectivity index (χ3v) is 12.3. The van der Waals surface area contributed by atoms with Gasteiger partial charge < -0.3 is 59.3 Å². The molecule has 8 rings (SSSR count). The number of benzene rings is 3. The number of aldehydes is 1. The Labute approximate surface area is 344 Å². The molecule has 1 aromatic heterocycles. The van der Waals surface area contributed by atoms with E-state index in [-0.39, 0.29) is 61.5 Å². The number of hydrogen-bond acceptors (Lipinski definition) is 15. The number of rotatable bonds is 1. The van der Waals surface area contributed by atoms with Gasteiger partial charge in [0, 0.05) is 80.4 Å². The smallest absolute Gasteiger partial charge is 0.307 e. The number of ether oxygens (including phenoxy) is 2. The second kappa shape index (κ2) is 15.6. The predicted molar refractivity (Wildman–Crippen MR) is 226 cm³/mol. The van der Waals surface area contributed by atoms with Gasteiger partial charge in [-0.1, -0.05) is 39.0 Å². The molecule has 5 heterocycles. The Hall–Kier alpha value is -5.97. The second-order valence-corrected chi connectivity index (χ2v) is 16.5. The highest BCUT2D eigenvalue weighted by atomic mass is 16.7. The molecule has 16 heteroatoms. The molecule has 1 amide bonds. The molecule has 16 nitrogen and oxygen atoms in total. The van der Waals surface area contributed by atoms with Crippen molar-refractivity contribution in [2.75, 3.05) is 42.3 Å². The molecule has 6 N–H and O–H groups in total. The Bertz CT molecular complexity index is 2730. The van der Waals surface area contributed by atoms with Gasteiger partial charge in [-0.05, 0) is 26.3 Å². The van der Waals surface area contributed by atoms with Crippen LogP contribution in [0.15, 0.2) is 56.2 Å². The maximum atomic E-state index is 14.8. The lowest BCUT2D eigenvalue weighted by atomic mass is 9.80. The van der Waals surface area contributed by atoms with E-state index >= 15 is 0 Å². The number of aromatic nitrogens is 1. The van der Waals surface area contributed by atoms with Crippen LogP contribution in [0.5, 0.6) is 11.5 Å². The molecular weight excluding hydrogens is 776 g/mol. The first-order valence-corrected chi connectivity index (χ1v) is 19.8. The van der Waals surface area contributed by atoms with Crippen molar-refractivity contribution < 1.29 is 49.0 Å². The highest BCUT2D eigenvalue weighted by Crippen LogP contribution is 2.44. The average molecular weight is 827 g/mol. The van der Waals surface area contributed by atoms with Crippen molar-refractivity contribution in [3.63, 3.8) is 0 Å². The number of anilines is 3. The van der Waals surface area contributed by atoms with E-state index in [9.17, 15) is 44.7 Å². The van der Waals surface area contributed by atoms with Crippen LogP contribution in [0, 0.1) is 30.6 Å². The molecular formula is C44H50N4O12. The van der Waals surface area contributed by atoms with E-state index in [1.165, 1.54) is 39.0 Å². The van der Waals surface area contributed by atoms with Crippen molar-refractivity contribution in [1.82, 2.24) is 4.98 Å². The average Bonchev–Trinajstić information content (AvgIpc) is 3.48. The van der Waals surface area contributed by atoms with Gasteiger partial charge >= 0.3 is 5.79 Å². The van der Waals surface area contributed by atoms with Crippen LogP contribution in [0.3, 0.4) is 0 Å². The fourth-order valence-electron chi connectivity index (χ4n) is 8.30. The van der Waals surface area contributed by atoms with E-state index in [4.69, 9.17) is 18.9 Å². The van der Waals surface area contributed by atoms with E-state index in [2.05, 4.69) is 5.32 Å². The summed E-state index contributed by atoms with van der Waals surface area (Å²) in [5, 5.41) is 59.2. The molecule has 4 aliphatic rings. The zero-order valence-electron chi connectivity index (χ0n) is 34.6. The zero-order valence-corrected chi connectivity index (χ0v) is 34.6. The molecule has 0 saturated heterocycles. The summed E-state index contributed by atoms with van der Waals surface area (Å²) in [7, 11) is 3.65. The topological polar surface area (TPSA) is 232 Å². The summed E-state index contributed by atoms with van der Waals surface area (Å²) in [5.41, 5.74) is -0.999. The molecule has 4 aliphatic heterocycles. The SMILES string of the molecule is C/C1=C/C=C/[C@H](C)[C@H](O)[C@@H](C)[C@@H](O)[C@@H](C)[C@H](O)C[C@@H](C=O)/C=C/O[C@@]2(C)Oc3c(C)c(O)c4c(=O)c(c5oc6c7c(cc(=O)c6nc5c4c3=C2O)N(C)CCN7C)NC1=O. The third-order valence-electron chi connectivity index (χ3n) is 12.3. The summed E-state index contributed by atoms with van der Waals surface area (Å²) < 4.78 is 18.7. The maximum Gasteiger partial charge on any atom is 0.307 e. The van der Waals surface area contributed by atoms with Crippen molar-refractivity contribution in [3.05, 3.63) is 73.4 Å². The first kappa shape index (κ1) is 42.2.